The summed E-state index contributed by atoms with van der Waals surface area (Å²) in [5, 5.41) is 20.1. The summed E-state index contributed by atoms with van der Waals surface area (Å²) in [5.41, 5.74) is 1.03. The van der Waals surface area contributed by atoms with Gasteiger partial charge in [-0.15, -0.1) is 0 Å². The molecule has 2 aromatic carbocycles. The molecule has 1 unspecified atom stereocenters. The number of phenols is 2. The summed E-state index contributed by atoms with van der Waals surface area (Å²) in [6.45, 7) is 0.717. The monoisotopic (exact) mass is 284 g/mol. The van der Waals surface area contributed by atoms with Gasteiger partial charge in [0.15, 0.2) is 0 Å². The Hall–Kier alpha value is -2.53. The van der Waals surface area contributed by atoms with Crippen molar-refractivity contribution < 1.29 is 19.4 Å². The number of fused-ring (bicyclic) bond motifs is 2. The first kappa shape index (κ1) is 12.2. The molecule has 0 aliphatic carbocycles. The number of hydrogen-bond donors (Lipinski definition) is 2. The van der Waals surface area contributed by atoms with Crippen LogP contribution in [0.4, 0.5) is 0 Å². The third-order valence-corrected chi connectivity index (χ3v) is 3.69. The van der Waals surface area contributed by atoms with Crippen molar-refractivity contribution in [3.05, 3.63) is 46.1 Å². The van der Waals surface area contributed by atoms with Crippen LogP contribution in [0, 0.1) is 0 Å². The lowest BCUT2D eigenvalue weighted by molar-refractivity contribution is 0.407. The second-order valence-electron chi connectivity index (χ2n) is 5.23. The Morgan fingerprint density at radius 3 is 2.62 bits per heavy atom. The average molecular weight is 284 g/mol. The molecule has 4 rings (SSSR count). The van der Waals surface area contributed by atoms with Gasteiger partial charge in [-0.3, -0.25) is 4.79 Å². The lowest BCUT2D eigenvalue weighted by atomic mass is 10.0. The molecular weight excluding hydrogens is 272 g/mol. The van der Waals surface area contributed by atoms with E-state index in [0.717, 1.165) is 5.56 Å². The molecule has 5 nitrogen and oxygen atoms in total. The third kappa shape index (κ3) is 1.94. The fourth-order valence-electron chi connectivity index (χ4n) is 2.61. The number of phenolic OH excluding ortho intramolecular Hbond substituents is 2. The Morgan fingerprint density at radius 1 is 1.10 bits per heavy atom. The summed E-state index contributed by atoms with van der Waals surface area (Å²) in [4.78, 5) is 12.5. The number of rotatable bonds is 2. The molecule has 0 saturated carbocycles. The third-order valence-electron chi connectivity index (χ3n) is 3.69. The van der Waals surface area contributed by atoms with Gasteiger partial charge in [0.1, 0.15) is 33.4 Å². The zero-order chi connectivity index (χ0) is 14.6. The summed E-state index contributed by atoms with van der Waals surface area (Å²) >= 11 is 0. The number of benzene rings is 2. The van der Waals surface area contributed by atoms with E-state index in [1.807, 2.05) is 0 Å². The second kappa shape index (κ2) is 4.23. The maximum absolute atomic E-state index is 12.5. The van der Waals surface area contributed by atoms with Gasteiger partial charge in [-0.2, -0.15) is 0 Å². The molecule has 3 aromatic rings. The summed E-state index contributed by atoms with van der Waals surface area (Å²) < 4.78 is 10.8. The van der Waals surface area contributed by atoms with Crippen LogP contribution in [-0.4, -0.2) is 22.9 Å². The first-order chi connectivity index (χ1) is 10.1. The number of aromatic hydroxyl groups is 2. The zero-order valence-corrected chi connectivity index (χ0v) is 11.0. The van der Waals surface area contributed by atoms with Crippen molar-refractivity contribution >= 4 is 21.9 Å². The average Bonchev–Trinajstić information content (AvgIpc) is 3.21. The molecule has 1 aliphatic heterocycles. The fraction of sp³-hybridized carbons (Fsp3) is 0.188. The minimum absolute atomic E-state index is 0.0820. The maximum atomic E-state index is 12.5. The highest BCUT2D eigenvalue weighted by Crippen LogP contribution is 2.31. The first-order valence-electron chi connectivity index (χ1n) is 6.65. The molecule has 2 N–H and O–H groups in total. The van der Waals surface area contributed by atoms with Crippen LogP contribution in [0.5, 0.6) is 11.5 Å². The van der Waals surface area contributed by atoms with Crippen molar-refractivity contribution in [3.63, 3.8) is 0 Å². The highest BCUT2D eigenvalue weighted by atomic mass is 16.6. The van der Waals surface area contributed by atoms with E-state index in [-0.39, 0.29) is 28.4 Å². The van der Waals surface area contributed by atoms with Crippen LogP contribution in [0.15, 0.2) is 39.5 Å². The van der Waals surface area contributed by atoms with Gasteiger partial charge in [-0.25, -0.2) is 0 Å². The van der Waals surface area contributed by atoms with E-state index >= 15 is 0 Å². The summed E-state index contributed by atoms with van der Waals surface area (Å²) in [6.07, 6.45) is 0.851. The summed E-state index contributed by atoms with van der Waals surface area (Å²) in [7, 11) is 0. The van der Waals surface area contributed by atoms with E-state index in [4.69, 9.17) is 9.15 Å². The predicted molar refractivity (Wildman–Crippen MR) is 76.8 cm³/mol. The van der Waals surface area contributed by atoms with Crippen molar-refractivity contribution in [1.82, 2.24) is 0 Å². The molecule has 1 aliphatic rings. The Balaban J connectivity index is 2.05. The minimum atomic E-state index is -0.434. The molecular formula is C16H12O5. The van der Waals surface area contributed by atoms with Gasteiger partial charge in [-0.05, 0) is 29.8 Å². The number of ether oxygens (including phenoxy) is 1. The van der Waals surface area contributed by atoms with Gasteiger partial charge in [0.25, 0.3) is 0 Å². The second-order valence-corrected chi connectivity index (χ2v) is 5.23. The highest BCUT2D eigenvalue weighted by molar-refractivity contribution is 5.95. The molecule has 1 fully saturated rings. The SMILES string of the molecule is O=c1c2c(O)cccc2oc2cc(CC3CO3)cc(O)c12. The predicted octanol–water partition coefficient (Wildman–Crippen LogP) is 2.30. The van der Waals surface area contributed by atoms with Crippen LogP contribution in [0.3, 0.4) is 0 Å². The van der Waals surface area contributed by atoms with Crippen molar-refractivity contribution in [1.29, 1.82) is 0 Å². The largest absolute Gasteiger partial charge is 0.507 e. The van der Waals surface area contributed by atoms with E-state index in [1.165, 1.54) is 6.07 Å². The molecule has 0 amide bonds. The molecule has 0 radical (unpaired) electrons. The Morgan fingerprint density at radius 2 is 1.86 bits per heavy atom. The van der Waals surface area contributed by atoms with Crippen LogP contribution < -0.4 is 5.43 Å². The quantitative estimate of drug-likeness (QED) is 0.557. The summed E-state index contributed by atoms with van der Waals surface area (Å²) in [5.74, 6) is -0.292. The van der Waals surface area contributed by atoms with Crippen molar-refractivity contribution in [2.75, 3.05) is 6.61 Å². The van der Waals surface area contributed by atoms with Crippen molar-refractivity contribution in [3.8, 4) is 11.5 Å². The van der Waals surface area contributed by atoms with Crippen LogP contribution in [0.25, 0.3) is 21.9 Å². The lowest BCUT2D eigenvalue weighted by Crippen LogP contribution is -2.04. The normalized spacial score (nSPS) is 17.4. The van der Waals surface area contributed by atoms with Crippen molar-refractivity contribution in [2.45, 2.75) is 12.5 Å². The molecule has 2 heterocycles. The zero-order valence-electron chi connectivity index (χ0n) is 11.0. The molecule has 1 aromatic heterocycles. The molecule has 0 bridgehead atoms. The standard InChI is InChI=1S/C16H12O5/c17-10-2-1-3-12-14(10)16(19)15-11(18)5-8(4-9-7-20-9)6-13(15)21-12/h1-3,5-6,9,17-18H,4,7H2. The first-order valence-corrected chi connectivity index (χ1v) is 6.65. The van der Waals surface area contributed by atoms with Gasteiger partial charge in [0.2, 0.25) is 5.43 Å². The lowest BCUT2D eigenvalue weighted by Gasteiger charge is -2.06. The van der Waals surface area contributed by atoms with E-state index in [2.05, 4.69) is 0 Å². The Labute approximate surface area is 119 Å². The Kier molecular flexibility index (Phi) is 2.46. The van der Waals surface area contributed by atoms with Crippen LogP contribution in [-0.2, 0) is 11.2 Å². The molecule has 1 atom stereocenters. The van der Waals surface area contributed by atoms with Gasteiger partial charge < -0.3 is 19.4 Å². The van der Waals surface area contributed by atoms with Gasteiger partial charge >= 0.3 is 0 Å². The molecule has 5 heteroatoms. The molecule has 0 spiro atoms. The maximum Gasteiger partial charge on any atom is 0.208 e. The number of epoxide rings is 1. The van der Waals surface area contributed by atoms with Crippen LogP contribution >= 0.6 is 0 Å². The molecule has 21 heavy (non-hydrogen) atoms. The smallest absolute Gasteiger partial charge is 0.208 e. The van der Waals surface area contributed by atoms with E-state index in [9.17, 15) is 15.0 Å². The van der Waals surface area contributed by atoms with E-state index in [0.29, 0.717) is 24.2 Å². The van der Waals surface area contributed by atoms with E-state index < -0.39 is 5.43 Å². The van der Waals surface area contributed by atoms with Crippen molar-refractivity contribution in [2.24, 2.45) is 0 Å². The summed E-state index contributed by atoms with van der Waals surface area (Å²) in [6, 6.07) is 7.92. The Bertz CT molecular complexity index is 921. The minimum Gasteiger partial charge on any atom is -0.507 e. The fourth-order valence-corrected chi connectivity index (χ4v) is 2.61. The van der Waals surface area contributed by atoms with E-state index in [1.54, 1.807) is 24.3 Å². The van der Waals surface area contributed by atoms with Crippen LogP contribution in [0.2, 0.25) is 0 Å². The highest BCUT2D eigenvalue weighted by Gasteiger charge is 2.24. The number of hydrogen-bond acceptors (Lipinski definition) is 5. The topological polar surface area (TPSA) is 83.2 Å². The van der Waals surface area contributed by atoms with Gasteiger partial charge in [0.05, 0.1) is 12.7 Å². The molecule has 1 saturated heterocycles. The molecule has 106 valence electrons. The van der Waals surface area contributed by atoms with Gasteiger partial charge in [0, 0.05) is 6.42 Å². The van der Waals surface area contributed by atoms with Crippen LogP contribution in [0.1, 0.15) is 5.56 Å². The van der Waals surface area contributed by atoms with Gasteiger partial charge in [-0.1, -0.05) is 6.07 Å².